The molecule has 0 fully saturated rings. The van der Waals surface area contributed by atoms with Crippen molar-refractivity contribution in [2.45, 2.75) is 51.1 Å². The van der Waals surface area contributed by atoms with E-state index in [-0.39, 0.29) is 23.0 Å². The standard InChI is InChI=1S/C30H36FN3O5S/c1-5-6-18-32-30(36)23(3)33(20-24-8-7-9-27(19-24)39-4)29(35)21-34(26-14-12-25(31)13-15-26)40(37,38)28-16-10-22(2)11-17-28/h7-17,19,23H,5-6,18,20-21H2,1-4H3,(H,32,36)/t23-/m1/s1. The molecular weight excluding hydrogens is 533 g/mol. The van der Waals surface area contributed by atoms with Gasteiger partial charge in [-0.3, -0.25) is 13.9 Å². The number of amides is 2. The highest BCUT2D eigenvalue weighted by Crippen LogP contribution is 2.25. The van der Waals surface area contributed by atoms with Crippen LogP contribution in [0.25, 0.3) is 0 Å². The molecule has 0 bridgehead atoms. The van der Waals surface area contributed by atoms with Crippen molar-refractivity contribution in [2.24, 2.45) is 0 Å². The maximum atomic E-state index is 13.9. The molecule has 3 rings (SSSR count). The lowest BCUT2D eigenvalue weighted by molar-refractivity contribution is -0.139. The SMILES string of the molecule is CCCCNC(=O)[C@@H](C)N(Cc1cccc(OC)c1)C(=O)CN(c1ccc(F)cc1)S(=O)(=O)c1ccc(C)cc1. The molecule has 2 amide bonds. The van der Waals surface area contributed by atoms with E-state index in [0.29, 0.717) is 17.9 Å². The lowest BCUT2D eigenvalue weighted by Crippen LogP contribution is -2.51. The fraction of sp³-hybridized carbons (Fsp3) is 0.333. The topological polar surface area (TPSA) is 96.0 Å². The molecule has 0 aliphatic heterocycles. The third-order valence-electron chi connectivity index (χ3n) is 6.49. The zero-order valence-corrected chi connectivity index (χ0v) is 24.1. The van der Waals surface area contributed by atoms with Gasteiger partial charge < -0.3 is 15.0 Å². The Morgan fingerprint density at radius 3 is 2.33 bits per heavy atom. The molecule has 0 heterocycles. The van der Waals surface area contributed by atoms with E-state index in [2.05, 4.69) is 5.32 Å². The molecule has 214 valence electrons. The van der Waals surface area contributed by atoms with Crippen molar-refractivity contribution in [3.63, 3.8) is 0 Å². The Morgan fingerprint density at radius 2 is 1.70 bits per heavy atom. The van der Waals surface area contributed by atoms with Crippen LogP contribution in [0.4, 0.5) is 10.1 Å². The second-order valence-electron chi connectivity index (χ2n) is 9.49. The number of nitrogens with one attached hydrogen (secondary N) is 1. The number of ether oxygens (including phenoxy) is 1. The fourth-order valence-corrected chi connectivity index (χ4v) is 5.47. The summed E-state index contributed by atoms with van der Waals surface area (Å²) in [5.41, 5.74) is 1.70. The Kier molecular flexibility index (Phi) is 10.7. The van der Waals surface area contributed by atoms with Crippen molar-refractivity contribution in [3.05, 3.63) is 89.7 Å². The molecule has 3 aromatic rings. The number of halogens is 1. The number of unbranched alkanes of at least 4 members (excludes halogenated alkanes) is 1. The summed E-state index contributed by atoms with van der Waals surface area (Å²) >= 11 is 0. The molecule has 0 saturated carbocycles. The number of anilines is 1. The van der Waals surface area contributed by atoms with Crippen molar-refractivity contribution in [3.8, 4) is 5.75 Å². The van der Waals surface area contributed by atoms with Gasteiger partial charge in [0.05, 0.1) is 17.7 Å². The number of hydrogen-bond donors (Lipinski definition) is 1. The number of hydrogen-bond acceptors (Lipinski definition) is 5. The summed E-state index contributed by atoms with van der Waals surface area (Å²) in [5, 5.41) is 2.85. The van der Waals surface area contributed by atoms with E-state index in [1.54, 1.807) is 43.3 Å². The Morgan fingerprint density at radius 1 is 1.02 bits per heavy atom. The molecule has 1 atom stereocenters. The van der Waals surface area contributed by atoms with Crippen LogP contribution in [0, 0.1) is 12.7 Å². The van der Waals surface area contributed by atoms with Crippen LogP contribution in [-0.2, 0) is 26.2 Å². The summed E-state index contributed by atoms with van der Waals surface area (Å²) in [4.78, 5) is 28.2. The molecule has 0 spiro atoms. The van der Waals surface area contributed by atoms with Gasteiger partial charge in [-0.2, -0.15) is 0 Å². The number of carbonyl (C=O) groups is 2. The zero-order chi connectivity index (χ0) is 29.3. The lowest BCUT2D eigenvalue weighted by atomic mass is 10.1. The number of methoxy groups -OCH3 is 1. The first kappa shape index (κ1) is 30.6. The molecule has 0 aliphatic rings. The molecule has 0 aliphatic carbocycles. The van der Waals surface area contributed by atoms with Crippen LogP contribution in [-0.4, -0.2) is 51.4 Å². The van der Waals surface area contributed by atoms with E-state index in [9.17, 15) is 22.4 Å². The van der Waals surface area contributed by atoms with Crippen molar-refractivity contribution >= 4 is 27.5 Å². The predicted molar refractivity (Wildman–Crippen MR) is 153 cm³/mol. The predicted octanol–water partition coefficient (Wildman–Crippen LogP) is 4.67. The highest BCUT2D eigenvalue weighted by atomic mass is 32.2. The minimum atomic E-state index is -4.22. The minimum absolute atomic E-state index is 0.0140. The van der Waals surface area contributed by atoms with Crippen LogP contribution in [0.3, 0.4) is 0 Å². The van der Waals surface area contributed by atoms with Crippen molar-refractivity contribution < 1.29 is 27.1 Å². The molecule has 0 aromatic heterocycles. The Hall–Kier alpha value is -3.92. The van der Waals surface area contributed by atoms with Gasteiger partial charge in [0, 0.05) is 13.1 Å². The van der Waals surface area contributed by atoms with Gasteiger partial charge in [0.25, 0.3) is 10.0 Å². The van der Waals surface area contributed by atoms with E-state index in [1.807, 2.05) is 13.8 Å². The van der Waals surface area contributed by atoms with Crippen molar-refractivity contribution in [1.82, 2.24) is 10.2 Å². The molecule has 10 heteroatoms. The maximum Gasteiger partial charge on any atom is 0.264 e. The smallest absolute Gasteiger partial charge is 0.264 e. The van der Waals surface area contributed by atoms with Crippen LogP contribution in [0.5, 0.6) is 5.75 Å². The quantitative estimate of drug-likeness (QED) is 0.302. The summed E-state index contributed by atoms with van der Waals surface area (Å²) in [6.07, 6.45) is 1.68. The summed E-state index contributed by atoms with van der Waals surface area (Å²) < 4.78 is 47.5. The molecule has 8 nitrogen and oxygen atoms in total. The third-order valence-corrected chi connectivity index (χ3v) is 8.27. The van der Waals surface area contributed by atoms with Gasteiger partial charge >= 0.3 is 0 Å². The Labute approximate surface area is 235 Å². The normalized spacial score (nSPS) is 11.9. The number of benzene rings is 3. The number of rotatable bonds is 13. The monoisotopic (exact) mass is 569 g/mol. The second kappa shape index (κ2) is 13.9. The molecule has 1 N–H and O–H groups in total. The summed E-state index contributed by atoms with van der Waals surface area (Å²) in [5.74, 6) is -0.903. The molecular formula is C30H36FN3O5S. The van der Waals surface area contributed by atoms with E-state index in [0.717, 1.165) is 34.8 Å². The maximum absolute atomic E-state index is 13.9. The average Bonchev–Trinajstić information content (AvgIpc) is 2.95. The first-order valence-corrected chi connectivity index (χ1v) is 14.6. The van der Waals surface area contributed by atoms with Gasteiger partial charge in [-0.1, -0.05) is 43.2 Å². The lowest BCUT2D eigenvalue weighted by Gasteiger charge is -2.32. The van der Waals surface area contributed by atoms with Crippen LogP contribution in [0.2, 0.25) is 0 Å². The molecule has 0 radical (unpaired) electrons. The van der Waals surface area contributed by atoms with Gasteiger partial charge in [-0.05, 0) is 74.4 Å². The second-order valence-corrected chi connectivity index (χ2v) is 11.4. The number of nitrogens with zero attached hydrogens (tertiary/aromatic N) is 2. The van der Waals surface area contributed by atoms with Gasteiger partial charge in [-0.25, -0.2) is 12.8 Å². The fourth-order valence-electron chi connectivity index (χ4n) is 4.06. The van der Waals surface area contributed by atoms with Crippen LogP contribution in [0.15, 0.2) is 77.7 Å². The number of aryl methyl sites for hydroxylation is 1. The van der Waals surface area contributed by atoms with E-state index in [4.69, 9.17) is 4.74 Å². The average molecular weight is 570 g/mol. The van der Waals surface area contributed by atoms with Crippen LogP contribution < -0.4 is 14.4 Å². The van der Waals surface area contributed by atoms with E-state index in [1.165, 1.54) is 36.3 Å². The molecule has 40 heavy (non-hydrogen) atoms. The van der Waals surface area contributed by atoms with E-state index >= 15 is 0 Å². The highest BCUT2D eigenvalue weighted by molar-refractivity contribution is 7.92. The van der Waals surface area contributed by atoms with Crippen molar-refractivity contribution in [1.29, 1.82) is 0 Å². The van der Waals surface area contributed by atoms with E-state index < -0.39 is 34.3 Å². The largest absolute Gasteiger partial charge is 0.497 e. The first-order chi connectivity index (χ1) is 19.1. The van der Waals surface area contributed by atoms with Crippen molar-refractivity contribution in [2.75, 3.05) is 24.5 Å². The first-order valence-electron chi connectivity index (χ1n) is 13.1. The molecule has 3 aromatic carbocycles. The minimum Gasteiger partial charge on any atom is -0.497 e. The summed E-state index contributed by atoms with van der Waals surface area (Å²) in [6.45, 7) is 5.35. The molecule has 0 unspecified atom stereocenters. The van der Waals surface area contributed by atoms with Crippen LogP contribution >= 0.6 is 0 Å². The van der Waals surface area contributed by atoms with Gasteiger partial charge in [0.1, 0.15) is 24.2 Å². The van der Waals surface area contributed by atoms with Gasteiger partial charge in [0.15, 0.2) is 0 Å². The number of carbonyl (C=O) groups excluding carboxylic acids is 2. The summed E-state index contributed by atoms with van der Waals surface area (Å²) in [6, 6.07) is 17.3. The van der Waals surface area contributed by atoms with Gasteiger partial charge in [-0.15, -0.1) is 0 Å². The Bertz CT molecular complexity index is 1400. The Balaban J connectivity index is 2.00. The zero-order valence-electron chi connectivity index (χ0n) is 23.3. The molecule has 0 saturated heterocycles. The third kappa shape index (κ3) is 7.81. The highest BCUT2D eigenvalue weighted by Gasteiger charge is 2.32. The van der Waals surface area contributed by atoms with Crippen LogP contribution in [0.1, 0.15) is 37.8 Å². The number of sulfonamides is 1. The van der Waals surface area contributed by atoms with Gasteiger partial charge in [0.2, 0.25) is 11.8 Å². The summed E-state index contributed by atoms with van der Waals surface area (Å²) in [7, 11) is -2.69.